The first kappa shape index (κ1) is 90.5. The van der Waals surface area contributed by atoms with Crippen molar-refractivity contribution in [2.45, 2.75) is 93.1 Å². The number of piperazine rings is 1. The average Bonchev–Trinajstić information content (AvgIpc) is 0.956. The molecule has 4 aliphatic heterocycles. The maximum Gasteiger partial charge on any atom is 0.416 e. The Morgan fingerprint density at radius 3 is 1.69 bits per heavy atom. The first-order valence-electron chi connectivity index (χ1n) is 36.4. The standard InChI is InChI=1S/C48H51ClF3N7O8S.C13H18N4O6S.C7H14N2O2.C6H5FN2O4S/c1-30(60)58-18-19-66-36(28-58)26-54-42-9-6-37(23-43(42)59(62)63)68(64,65)29-44(61)39-8-5-34(22-45(39)67-35-20-31-11-13-53-46(31)55-25-35)57-16-14-56(15-17-57)27-32-10-12-47(2,3)24-40(32)38-7-4-33(21-41(38)49)48(50,51)52;1-9(18)16-4-5-23-10(8-16)7-15-12-3-2-11(24(14,21)22)6-13(12)17(19)20;1-6(10)9-2-3-11-7(4-8)5-9;7-5-2-1-4(14(8,12)13)3-6(5)9(10)11/h4-9,11,13,20-23,25,36,54H,10,12,14-19,24,26-29H2,1-3H3,(H,53,55);2-3,6,10,15H,4-5,7-8H2,1H3,(H2,14,21,22);7H,2-5,8H2,1H3;1-3H,(H2,8,12,13)/t36-;10-;7-;/m111./s1. The normalized spacial score (nSPS) is 18.0. The average molecular weight is 1720 g/mol. The van der Waals surface area contributed by atoms with E-state index < -0.39 is 107 Å². The number of sulfonamides is 2. The smallest absolute Gasteiger partial charge is 0.416 e. The molecule has 43 heteroatoms. The molecule has 12 rings (SSSR count). The summed E-state index contributed by atoms with van der Waals surface area (Å²) in [4.78, 5) is 94.9. The topological polar surface area (TPSA) is 484 Å². The van der Waals surface area contributed by atoms with E-state index >= 15 is 0 Å². The van der Waals surface area contributed by atoms with Gasteiger partial charge >= 0.3 is 11.9 Å². The van der Waals surface area contributed by atoms with E-state index in [-0.39, 0.29) is 81.0 Å². The molecule has 0 bridgehead atoms. The predicted octanol–water partition coefficient (Wildman–Crippen LogP) is 8.51. The second kappa shape index (κ2) is 38.8. The number of morpholine rings is 3. The molecule has 6 heterocycles. The molecule has 7 aromatic rings. The Bertz CT molecular complexity index is 5270. The molecule has 632 valence electrons. The third-order valence-electron chi connectivity index (χ3n) is 19.7. The van der Waals surface area contributed by atoms with E-state index in [9.17, 15) is 92.3 Å². The number of halogens is 5. The molecule has 0 saturated carbocycles. The number of benzene rings is 5. The van der Waals surface area contributed by atoms with E-state index in [1.165, 1.54) is 56.4 Å². The highest BCUT2D eigenvalue weighted by Crippen LogP contribution is 2.46. The molecule has 0 unspecified atom stereocenters. The summed E-state index contributed by atoms with van der Waals surface area (Å²) in [5.41, 5.74) is 7.00. The number of amides is 3. The van der Waals surface area contributed by atoms with Crippen LogP contribution >= 0.6 is 11.6 Å². The van der Waals surface area contributed by atoms with Crippen LogP contribution in [-0.4, -0.2) is 229 Å². The van der Waals surface area contributed by atoms with Crippen molar-refractivity contribution in [2.75, 3.05) is 133 Å². The van der Waals surface area contributed by atoms with E-state index in [4.69, 9.17) is 46.6 Å². The fourth-order valence-electron chi connectivity index (χ4n) is 13.3. The van der Waals surface area contributed by atoms with Gasteiger partial charge in [0, 0.05) is 159 Å². The highest BCUT2D eigenvalue weighted by molar-refractivity contribution is 7.92. The van der Waals surface area contributed by atoms with Crippen LogP contribution in [0.3, 0.4) is 0 Å². The van der Waals surface area contributed by atoms with Crippen LogP contribution in [0.2, 0.25) is 5.02 Å². The van der Waals surface area contributed by atoms with Crippen LogP contribution in [0.5, 0.6) is 11.5 Å². The number of alkyl halides is 3. The number of ether oxygens (including phenoxy) is 4. The number of hydrogen-bond acceptors (Lipinski definition) is 26. The Morgan fingerprint density at radius 1 is 0.667 bits per heavy atom. The van der Waals surface area contributed by atoms with Crippen molar-refractivity contribution in [2.24, 2.45) is 21.4 Å². The van der Waals surface area contributed by atoms with Crippen molar-refractivity contribution in [3.63, 3.8) is 0 Å². The number of nitro benzene ring substituents is 3. The minimum absolute atomic E-state index is 0.0217. The number of pyridine rings is 1. The molecule has 3 amide bonds. The van der Waals surface area contributed by atoms with Gasteiger partial charge in [-0.1, -0.05) is 37.1 Å². The third kappa shape index (κ3) is 24.8. The number of H-pyrrole nitrogens is 1. The van der Waals surface area contributed by atoms with Crippen molar-refractivity contribution in [1.29, 1.82) is 0 Å². The van der Waals surface area contributed by atoms with Gasteiger partial charge in [-0.25, -0.2) is 40.5 Å². The number of nitrogens with two attached hydrogens (primary N) is 3. The fraction of sp³-hybridized carbons (Fsp3) is 0.419. The van der Waals surface area contributed by atoms with Gasteiger partial charge in [0.15, 0.2) is 15.6 Å². The zero-order valence-corrected chi connectivity index (χ0v) is 67.3. The number of sulfone groups is 1. The van der Waals surface area contributed by atoms with Gasteiger partial charge in [-0.3, -0.25) is 54.4 Å². The number of nitrogens with zero attached hydrogens (tertiary/aromatic N) is 9. The number of anilines is 3. The maximum atomic E-state index is 14.1. The Labute approximate surface area is 675 Å². The summed E-state index contributed by atoms with van der Waals surface area (Å²) in [5.74, 6) is -2.60. The van der Waals surface area contributed by atoms with Crippen LogP contribution in [0.1, 0.15) is 75.4 Å². The van der Waals surface area contributed by atoms with Crippen LogP contribution in [0.25, 0.3) is 16.6 Å². The van der Waals surface area contributed by atoms with E-state index in [1.807, 2.05) is 0 Å². The van der Waals surface area contributed by atoms with Gasteiger partial charge in [0.25, 0.3) is 11.4 Å². The van der Waals surface area contributed by atoms with Crippen molar-refractivity contribution < 1.29 is 95.7 Å². The molecule has 0 spiro atoms. The van der Waals surface area contributed by atoms with Gasteiger partial charge in [0.05, 0.1) is 84.9 Å². The number of Topliss-reactive ketones (excluding diaryl/α,β-unsaturated/α-hetero) is 1. The van der Waals surface area contributed by atoms with Gasteiger partial charge in [0.1, 0.15) is 34.3 Å². The number of primary sulfonamides is 2. The number of allylic oxidation sites excluding steroid dienone is 1. The molecule has 2 aromatic heterocycles. The van der Waals surface area contributed by atoms with Gasteiger partial charge in [-0.05, 0) is 109 Å². The molecule has 35 nitrogen and oxygen atoms in total. The van der Waals surface area contributed by atoms with Crippen LogP contribution in [-0.2, 0) is 64.7 Å². The number of aromatic nitrogens is 2. The number of nitro groups is 3. The van der Waals surface area contributed by atoms with E-state index in [1.54, 1.807) is 52.1 Å². The number of rotatable bonds is 22. The van der Waals surface area contributed by atoms with Gasteiger partial charge in [0.2, 0.25) is 43.6 Å². The SMILES string of the molecule is CC(=O)N1CCO[C@H](CN)C1.CC(=O)N1CCO[C@H](CNc2ccc(S(=O)(=O)CC(=O)c3ccc(N4CCN(CC5=C(c6ccc(C(F)(F)F)cc6Cl)CC(C)(C)CC5)CC4)cc3Oc3cnc4[nH]ccc4c3)cc2[N+](=O)[O-])C1.CC(=O)N1CCO[C@H](CNc2ccc(S(N)(=O)=O)cc2[N+](=O)[O-])C1.NS(=O)(=O)c1ccc(F)c([N+](=O)[O-])c1. The Hall–Kier alpha value is -10.4. The zero-order chi connectivity index (χ0) is 85.6. The Balaban J connectivity index is 0.000000255. The predicted molar refractivity (Wildman–Crippen MR) is 423 cm³/mol. The summed E-state index contributed by atoms with van der Waals surface area (Å²) in [6.07, 6.45) is 0.363. The monoisotopic (exact) mass is 1710 g/mol. The second-order valence-electron chi connectivity index (χ2n) is 28.6. The third-order valence-corrected chi connectivity index (χ3v) is 23.4. The van der Waals surface area contributed by atoms with Crippen LogP contribution in [0, 0.1) is 41.6 Å². The van der Waals surface area contributed by atoms with Crippen LogP contribution < -0.4 is 36.3 Å². The number of nitrogens with one attached hydrogen (secondary N) is 3. The minimum atomic E-state index is -4.50. The summed E-state index contributed by atoms with van der Waals surface area (Å²) in [5, 5.41) is 49.9. The zero-order valence-electron chi connectivity index (χ0n) is 64.1. The fourth-order valence-corrected chi connectivity index (χ4v) is 15.9. The minimum Gasteiger partial charge on any atom is -0.455 e. The lowest BCUT2D eigenvalue weighted by Gasteiger charge is -2.39. The molecule has 1 aliphatic carbocycles. The Kier molecular flexibility index (Phi) is 30.0. The first-order valence-corrected chi connectivity index (χ1v) is 41.5. The number of aromatic amines is 1. The van der Waals surface area contributed by atoms with Crippen molar-refractivity contribution in [3.8, 4) is 11.5 Å². The molecule has 5 aliphatic rings. The van der Waals surface area contributed by atoms with E-state index in [2.05, 4.69) is 44.2 Å². The van der Waals surface area contributed by atoms with Crippen molar-refractivity contribution in [1.82, 2.24) is 29.6 Å². The highest BCUT2D eigenvalue weighted by atomic mass is 35.5. The molecule has 4 fully saturated rings. The molecule has 3 atom stereocenters. The number of carbonyl (C=O) groups is 4. The number of ketones is 1. The summed E-state index contributed by atoms with van der Waals surface area (Å²) in [7, 11) is -12.5. The molecule has 0 radical (unpaired) electrons. The first-order chi connectivity index (χ1) is 55.0. The molecule has 117 heavy (non-hydrogen) atoms. The molecule has 5 aromatic carbocycles. The van der Waals surface area contributed by atoms with E-state index in [0.717, 1.165) is 65.4 Å². The van der Waals surface area contributed by atoms with Gasteiger partial charge in [-0.2, -0.15) is 17.6 Å². The largest absolute Gasteiger partial charge is 0.455 e. The summed E-state index contributed by atoms with van der Waals surface area (Å²) in [6, 6.07) is 20.9. The van der Waals surface area contributed by atoms with Crippen LogP contribution in [0.15, 0.2) is 136 Å². The van der Waals surface area contributed by atoms with Crippen molar-refractivity contribution >= 4 is 116 Å². The summed E-state index contributed by atoms with van der Waals surface area (Å²) >= 11 is 6.54. The van der Waals surface area contributed by atoms with Gasteiger partial charge in [-0.15, -0.1) is 0 Å². The lowest BCUT2D eigenvalue weighted by Crippen LogP contribution is -2.47. The molecular formula is C74H88ClF4N15O20S3. The lowest BCUT2D eigenvalue weighted by atomic mass is 9.72. The molecular weight excluding hydrogens is 1630 g/mol. The maximum absolute atomic E-state index is 14.1. The molecule has 9 N–H and O–H groups in total. The summed E-state index contributed by atoms with van der Waals surface area (Å²) < 4.78 is 148. The second-order valence-corrected chi connectivity index (χ2v) is 34.2. The van der Waals surface area contributed by atoms with Crippen LogP contribution in [0.4, 0.5) is 51.7 Å². The Morgan fingerprint density at radius 2 is 1.18 bits per heavy atom. The quantitative estimate of drug-likeness (QED) is 0.0160. The summed E-state index contributed by atoms with van der Waals surface area (Å²) in [6.45, 7) is 17.0. The number of carbonyl (C=O) groups excluding carboxylic acids is 4. The highest BCUT2D eigenvalue weighted by Gasteiger charge is 2.36. The van der Waals surface area contributed by atoms with Crippen molar-refractivity contribution in [3.05, 3.63) is 179 Å². The van der Waals surface area contributed by atoms with E-state index in [0.29, 0.717) is 134 Å². The number of fused-ring (bicyclic) bond motifs is 1. The number of hydrogen-bond donors (Lipinski definition) is 6. The molecule has 4 saturated heterocycles. The lowest BCUT2D eigenvalue weighted by molar-refractivity contribution is -0.387. The van der Waals surface area contributed by atoms with Gasteiger partial charge < -0.3 is 59.9 Å².